The molecular formula is C23H27NO6S. The number of carbonyl (C=O) groups excluding carboxylic acids is 1. The first-order chi connectivity index (χ1) is 14.7. The van der Waals surface area contributed by atoms with E-state index in [1.165, 1.54) is 13.2 Å². The van der Waals surface area contributed by atoms with Gasteiger partial charge in [-0.1, -0.05) is 26.5 Å². The fourth-order valence-corrected chi connectivity index (χ4v) is 4.64. The van der Waals surface area contributed by atoms with Crippen LogP contribution < -0.4 is 4.72 Å². The van der Waals surface area contributed by atoms with Crippen molar-refractivity contribution in [3.8, 4) is 0 Å². The zero-order valence-corrected chi connectivity index (χ0v) is 18.9. The Morgan fingerprint density at radius 2 is 1.87 bits per heavy atom. The number of ether oxygens (including phenoxy) is 2. The van der Waals surface area contributed by atoms with Crippen molar-refractivity contribution in [2.24, 2.45) is 5.92 Å². The summed E-state index contributed by atoms with van der Waals surface area (Å²) in [6.07, 6.45) is 0.329. The Kier molecular flexibility index (Phi) is 6.71. The number of hydrogen-bond acceptors (Lipinski definition) is 6. The molecule has 0 radical (unpaired) electrons. The van der Waals surface area contributed by atoms with Gasteiger partial charge in [0.25, 0.3) is 0 Å². The number of esters is 1. The lowest BCUT2D eigenvalue weighted by Gasteiger charge is -2.18. The van der Waals surface area contributed by atoms with E-state index >= 15 is 0 Å². The average Bonchev–Trinajstić information content (AvgIpc) is 3.09. The van der Waals surface area contributed by atoms with Crippen LogP contribution in [0.4, 0.5) is 0 Å². The Morgan fingerprint density at radius 1 is 1.13 bits per heavy atom. The molecule has 3 rings (SSSR count). The summed E-state index contributed by atoms with van der Waals surface area (Å²) in [5, 5.41) is 1.43. The number of sulfonamides is 1. The molecule has 1 aromatic heterocycles. The molecule has 0 bridgehead atoms. The van der Waals surface area contributed by atoms with Gasteiger partial charge in [-0.15, -0.1) is 0 Å². The summed E-state index contributed by atoms with van der Waals surface area (Å²) in [5.74, 6) is 0.0261. The molecule has 1 heterocycles. The minimum Gasteiger partial charge on any atom is -0.494 e. The van der Waals surface area contributed by atoms with Crippen molar-refractivity contribution in [3.05, 3.63) is 48.5 Å². The third-order valence-corrected chi connectivity index (χ3v) is 6.35. The fraction of sp³-hybridized carbons (Fsp3) is 0.348. The van der Waals surface area contributed by atoms with Gasteiger partial charge in [-0.3, -0.25) is 4.79 Å². The standard InChI is InChI=1S/C23H27NO6S/c1-6-29-15(4)16-7-9-18-19-13-17(8-10-21(19)30-22(18)12-16)31(26,27)24-20(11-14(2)3)23(25)28-5/h7-10,12-14,20,24H,4,6,11H2,1-3,5H3/t20-/m0/s1. The second-order valence-electron chi connectivity index (χ2n) is 7.65. The Morgan fingerprint density at radius 3 is 2.52 bits per heavy atom. The van der Waals surface area contributed by atoms with Gasteiger partial charge in [0.15, 0.2) is 0 Å². The van der Waals surface area contributed by atoms with Crippen LogP contribution in [-0.2, 0) is 24.3 Å². The number of benzene rings is 2. The first-order valence-corrected chi connectivity index (χ1v) is 11.5. The van der Waals surface area contributed by atoms with E-state index in [2.05, 4.69) is 11.3 Å². The third-order valence-electron chi connectivity index (χ3n) is 4.88. The van der Waals surface area contributed by atoms with Crippen molar-refractivity contribution < 1.29 is 27.1 Å². The molecule has 0 amide bonds. The summed E-state index contributed by atoms with van der Waals surface area (Å²) in [7, 11) is -2.72. The van der Waals surface area contributed by atoms with Crippen LogP contribution in [0, 0.1) is 5.92 Å². The number of carbonyl (C=O) groups is 1. The van der Waals surface area contributed by atoms with E-state index in [0.29, 0.717) is 35.3 Å². The van der Waals surface area contributed by atoms with Crippen LogP contribution in [-0.4, -0.2) is 34.1 Å². The van der Waals surface area contributed by atoms with E-state index in [1.54, 1.807) is 12.1 Å². The first-order valence-electron chi connectivity index (χ1n) is 10.0. The quantitative estimate of drug-likeness (QED) is 0.386. The fourth-order valence-electron chi connectivity index (χ4n) is 3.42. The Hall–Kier alpha value is -2.84. The van der Waals surface area contributed by atoms with Crippen molar-refractivity contribution in [1.29, 1.82) is 0 Å². The normalized spacial score (nSPS) is 12.9. The Labute approximate surface area is 182 Å². The molecule has 8 heteroatoms. The summed E-state index contributed by atoms with van der Waals surface area (Å²) in [4.78, 5) is 12.1. The number of rotatable bonds is 9. The highest BCUT2D eigenvalue weighted by molar-refractivity contribution is 7.89. The number of nitrogens with one attached hydrogen (secondary N) is 1. The second-order valence-corrected chi connectivity index (χ2v) is 9.37. The maximum Gasteiger partial charge on any atom is 0.323 e. The predicted octanol–water partition coefficient (Wildman–Crippen LogP) is 4.46. The van der Waals surface area contributed by atoms with E-state index in [-0.39, 0.29) is 10.8 Å². The van der Waals surface area contributed by atoms with Gasteiger partial charge in [-0.25, -0.2) is 8.42 Å². The van der Waals surface area contributed by atoms with Crippen LogP contribution >= 0.6 is 0 Å². The monoisotopic (exact) mass is 445 g/mol. The van der Waals surface area contributed by atoms with E-state index in [9.17, 15) is 13.2 Å². The van der Waals surface area contributed by atoms with Crippen molar-refractivity contribution in [1.82, 2.24) is 4.72 Å². The lowest BCUT2D eigenvalue weighted by Crippen LogP contribution is -2.42. The van der Waals surface area contributed by atoms with E-state index in [4.69, 9.17) is 13.9 Å². The predicted molar refractivity (Wildman–Crippen MR) is 120 cm³/mol. The highest BCUT2D eigenvalue weighted by Gasteiger charge is 2.27. The number of furan rings is 1. The van der Waals surface area contributed by atoms with E-state index < -0.39 is 22.0 Å². The van der Waals surface area contributed by atoms with E-state index in [0.717, 1.165) is 10.9 Å². The molecule has 0 fully saturated rings. The molecule has 0 aliphatic rings. The largest absolute Gasteiger partial charge is 0.494 e. The summed E-state index contributed by atoms with van der Waals surface area (Å²) in [5.41, 5.74) is 1.94. The molecule has 7 nitrogen and oxygen atoms in total. The lowest BCUT2D eigenvalue weighted by molar-refractivity contribution is -0.143. The van der Waals surface area contributed by atoms with Crippen LogP contribution in [0.25, 0.3) is 27.7 Å². The maximum atomic E-state index is 13.0. The molecule has 166 valence electrons. The van der Waals surface area contributed by atoms with Gasteiger partial charge in [0.2, 0.25) is 10.0 Å². The van der Waals surface area contributed by atoms with Gasteiger partial charge in [-0.2, -0.15) is 4.72 Å². The molecule has 0 saturated carbocycles. The van der Waals surface area contributed by atoms with Gasteiger partial charge in [0.1, 0.15) is 23.0 Å². The molecule has 0 spiro atoms. The van der Waals surface area contributed by atoms with Gasteiger partial charge in [0.05, 0.1) is 18.6 Å². The van der Waals surface area contributed by atoms with Crippen molar-refractivity contribution >= 4 is 43.7 Å². The molecule has 1 atom stereocenters. The molecule has 0 saturated heterocycles. The van der Waals surface area contributed by atoms with Crippen LogP contribution in [0.1, 0.15) is 32.8 Å². The SMILES string of the molecule is C=C(OCC)c1ccc2c(c1)oc1ccc(S(=O)(=O)N[C@@H](CC(C)C)C(=O)OC)cc12. The molecule has 31 heavy (non-hydrogen) atoms. The Balaban J connectivity index is 1.99. The molecule has 0 aliphatic carbocycles. The maximum absolute atomic E-state index is 13.0. The van der Waals surface area contributed by atoms with Gasteiger partial charge in [0, 0.05) is 16.3 Å². The Bertz CT molecular complexity index is 1230. The molecule has 0 aliphatic heterocycles. The smallest absolute Gasteiger partial charge is 0.323 e. The zero-order chi connectivity index (χ0) is 22.8. The highest BCUT2D eigenvalue weighted by Crippen LogP contribution is 2.32. The summed E-state index contributed by atoms with van der Waals surface area (Å²) in [6.45, 7) is 10.1. The van der Waals surface area contributed by atoms with Crippen LogP contribution in [0.3, 0.4) is 0 Å². The lowest BCUT2D eigenvalue weighted by atomic mass is 10.1. The zero-order valence-electron chi connectivity index (χ0n) is 18.1. The summed E-state index contributed by atoms with van der Waals surface area (Å²) >= 11 is 0. The molecule has 0 unspecified atom stereocenters. The number of fused-ring (bicyclic) bond motifs is 3. The minimum absolute atomic E-state index is 0.0446. The molecule has 2 aromatic carbocycles. The highest BCUT2D eigenvalue weighted by atomic mass is 32.2. The van der Waals surface area contributed by atoms with Crippen LogP contribution in [0.5, 0.6) is 0 Å². The van der Waals surface area contributed by atoms with Crippen molar-refractivity contribution in [2.45, 2.75) is 38.1 Å². The van der Waals surface area contributed by atoms with Crippen LogP contribution in [0.15, 0.2) is 52.3 Å². The number of hydrogen-bond donors (Lipinski definition) is 1. The third kappa shape index (κ3) is 4.91. The van der Waals surface area contributed by atoms with Gasteiger partial charge in [-0.05, 0) is 49.6 Å². The average molecular weight is 446 g/mol. The summed E-state index contributed by atoms with van der Waals surface area (Å²) < 4.78 is 44.5. The van der Waals surface area contributed by atoms with Gasteiger partial charge >= 0.3 is 5.97 Å². The first kappa shape index (κ1) is 22.8. The molecule has 1 N–H and O–H groups in total. The molecular weight excluding hydrogens is 418 g/mol. The van der Waals surface area contributed by atoms with Crippen molar-refractivity contribution in [2.75, 3.05) is 13.7 Å². The van der Waals surface area contributed by atoms with Gasteiger partial charge < -0.3 is 13.9 Å². The topological polar surface area (TPSA) is 94.8 Å². The van der Waals surface area contributed by atoms with E-state index in [1.807, 2.05) is 39.0 Å². The van der Waals surface area contributed by atoms with Crippen molar-refractivity contribution in [3.63, 3.8) is 0 Å². The molecule has 3 aromatic rings. The number of methoxy groups -OCH3 is 1. The summed E-state index contributed by atoms with van der Waals surface area (Å²) in [6, 6.07) is 9.16. The second kappa shape index (κ2) is 9.11. The van der Waals surface area contributed by atoms with Crippen LogP contribution in [0.2, 0.25) is 0 Å². The minimum atomic E-state index is -3.95.